The molecule has 0 aliphatic carbocycles. The van der Waals surface area contributed by atoms with Crippen LogP contribution < -0.4 is 15.7 Å². The van der Waals surface area contributed by atoms with Crippen molar-refractivity contribution in [1.82, 2.24) is 5.32 Å². The van der Waals surface area contributed by atoms with Crippen molar-refractivity contribution in [3.63, 3.8) is 0 Å². The molecule has 1 fully saturated rings. The largest absolute Gasteiger partial charge is 0.375 e. The summed E-state index contributed by atoms with van der Waals surface area (Å²) >= 11 is 0. The molecular weight excluding hydrogens is 346 g/mol. The van der Waals surface area contributed by atoms with E-state index in [0.717, 1.165) is 13.2 Å². The summed E-state index contributed by atoms with van der Waals surface area (Å²) < 4.78 is 6.23. The van der Waals surface area contributed by atoms with Gasteiger partial charge in [0.2, 0.25) is 0 Å². The number of benzene rings is 3. The molecule has 1 aliphatic heterocycles. The first kappa shape index (κ1) is 18.2. The summed E-state index contributed by atoms with van der Waals surface area (Å²) in [5.74, 6) is 0. The van der Waals surface area contributed by atoms with Gasteiger partial charge in [0.25, 0.3) is 0 Å². The van der Waals surface area contributed by atoms with Crippen molar-refractivity contribution in [2.24, 2.45) is 0 Å². The van der Waals surface area contributed by atoms with E-state index in [4.69, 9.17) is 4.74 Å². The number of hydrogen-bond donors (Lipinski definition) is 1. The van der Waals surface area contributed by atoms with Crippen molar-refractivity contribution in [3.05, 3.63) is 96.6 Å². The second-order valence-electron chi connectivity index (χ2n) is 7.31. The second-order valence-corrected chi connectivity index (χ2v) is 11.6. The van der Waals surface area contributed by atoms with E-state index in [1.807, 2.05) is 0 Å². The van der Waals surface area contributed by atoms with Gasteiger partial charge in [-0.1, -0.05) is 101 Å². The third-order valence-corrected chi connectivity index (χ3v) is 11.1. The van der Waals surface area contributed by atoms with Crippen molar-refractivity contribution >= 4 is 18.4 Å². The Labute approximate surface area is 163 Å². The monoisotopic (exact) mass is 373 g/mol. The lowest BCUT2D eigenvalue weighted by atomic mass is 10.2. The minimum Gasteiger partial charge on any atom is -0.375 e. The molecule has 0 amide bonds. The number of nitrogens with one attached hydrogen (secondary N) is 1. The number of rotatable bonds is 6. The van der Waals surface area contributed by atoms with Crippen LogP contribution in [0.5, 0.6) is 0 Å². The quantitative estimate of drug-likeness (QED) is 0.669. The van der Waals surface area contributed by atoms with Gasteiger partial charge in [0, 0.05) is 5.67 Å². The Bertz CT molecular complexity index is 783. The molecule has 1 saturated heterocycles. The molecule has 1 aliphatic rings. The average Bonchev–Trinajstić information content (AvgIpc) is 2.76. The highest BCUT2D eigenvalue weighted by molar-refractivity contribution is 7.03. The van der Waals surface area contributed by atoms with Gasteiger partial charge in [0.05, 0.1) is 13.2 Å². The highest BCUT2D eigenvalue weighted by Crippen LogP contribution is 2.22. The van der Waals surface area contributed by atoms with Crippen LogP contribution in [0, 0.1) is 0 Å². The molecule has 3 aromatic carbocycles. The zero-order chi connectivity index (χ0) is 18.4. The Morgan fingerprint density at radius 3 is 1.93 bits per heavy atom. The summed E-state index contributed by atoms with van der Waals surface area (Å²) in [5.41, 5.74) is 1.62. The summed E-state index contributed by atoms with van der Waals surface area (Å²) in [7, 11) is -1.94. The first-order chi connectivity index (χ1) is 13.4. The summed E-state index contributed by atoms with van der Waals surface area (Å²) in [6.45, 7) is 2.51. The second kappa shape index (κ2) is 8.66. The van der Waals surface area contributed by atoms with E-state index in [-0.39, 0.29) is 0 Å². The van der Waals surface area contributed by atoms with Gasteiger partial charge in [-0.15, -0.1) is 0 Å². The third kappa shape index (κ3) is 3.91. The standard InChI is InChI=1S/C24H27NOSi/c1-4-11-21(12-5-1)19-26-20-24-25-17-10-18-27(24,22-13-6-2-7-14-22)23-15-8-3-9-16-23/h1-9,11-16,24-25H,10,17-20H2/t24-/m1/s1. The molecule has 0 unspecified atom stereocenters. The van der Waals surface area contributed by atoms with Crippen LogP contribution in [-0.2, 0) is 11.3 Å². The Hall–Kier alpha value is -2.20. The third-order valence-electron chi connectivity index (χ3n) is 5.71. The van der Waals surface area contributed by atoms with Crippen LogP contribution in [0.25, 0.3) is 0 Å². The average molecular weight is 374 g/mol. The normalized spacial score (nSPS) is 18.9. The van der Waals surface area contributed by atoms with E-state index in [2.05, 4.69) is 96.3 Å². The smallest absolute Gasteiger partial charge is 0.137 e. The molecule has 138 valence electrons. The Kier molecular flexibility index (Phi) is 5.83. The highest BCUT2D eigenvalue weighted by atomic mass is 28.3. The fourth-order valence-electron chi connectivity index (χ4n) is 4.39. The minimum atomic E-state index is -1.94. The minimum absolute atomic E-state index is 0.389. The van der Waals surface area contributed by atoms with Crippen LogP contribution in [0.15, 0.2) is 91.0 Å². The Balaban J connectivity index is 1.63. The van der Waals surface area contributed by atoms with Crippen LogP contribution in [0.3, 0.4) is 0 Å². The Morgan fingerprint density at radius 2 is 1.33 bits per heavy atom. The van der Waals surface area contributed by atoms with Crippen molar-refractivity contribution in [3.8, 4) is 0 Å². The molecule has 3 aromatic rings. The summed E-state index contributed by atoms with van der Waals surface area (Å²) in [4.78, 5) is 0. The van der Waals surface area contributed by atoms with E-state index in [9.17, 15) is 0 Å². The molecule has 0 saturated carbocycles. The maximum atomic E-state index is 6.23. The van der Waals surface area contributed by atoms with Crippen molar-refractivity contribution in [2.75, 3.05) is 13.2 Å². The molecule has 4 rings (SSSR count). The maximum absolute atomic E-state index is 6.23. The maximum Gasteiger partial charge on any atom is 0.137 e. The van der Waals surface area contributed by atoms with Crippen molar-refractivity contribution < 1.29 is 4.74 Å². The molecular formula is C24H27NOSi. The van der Waals surface area contributed by atoms with Gasteiger partial charge >= 0.3 is 0 Å². The van der Waals surface area contributed by atoms with Crippen molar-refractivity contribution in [2.45, 2.75) is 24.7 Å². The van der Waals surface area contributed by atoms with E-state index in [0.29, 0.717) is 12.3 Å². The van der Waals surface area contributed by atoms with Gasteiger partial charge in [0.1, 0.15) is 8.07 Å². The molecule has 0 radical (unpaired) electrons. The zero-order valence-electron chi connectivity index (χ0n) is 15.7. The van der Waals surface area contributed by atoms with Gasteiger partial charge in [0.15, 0.2) is 0 Å². The summed E-state index contributed by atoms with van der Waals surface area (Å²) in [5, 5.41) is 6.85. The molecule has 0 bridgehead atoms. The molecule has 2 nitrogen and oxygen atoms in total. The lowest BCUT2D eigenvalue weighted by Gasteiger charge is -2.44. The fourth-order valence-corrected chi connectivity index (χ4v) is 9.66. The van der Waals surface area contributed by atoms with Crippen LogP contribution in [0.1, 0.15) is 12.0 Å². The van der Waals surface area contributed by atoms with E-state index < -0.39 is 8.07 Å². The molecule has 1 N–H and O–H groups in total. The van der Waals surface area contributed by atoms with E-state index in [1.54, 1.807) is 0 Å². The van der Waals surface area contributed by atoms with Gasteiger partial charge in [-0.05, 0) is 24.6 Å². The lowest BCUT2D eigenvalue weighted by Crippen LogP contribution is -2.73. The number of ether oxygens (including phenoxy) is 1. The van der Waals surface area contributed by atoms with Crippen LogP contribution in [0.2, 0.25) is 6.04 Å². The molecule has 0 aromatic heterocycles. The molecule has 0 spiro atoms. The summed E-state index contributed by atoms with van der Waals surface area (Å²) in [6, 6.07) is 34.0. The molecule has 27 heavy (non-hydrogen) atoms. The number of hydrogen-bond acceptors (Lipinski definition) is 2. The molecule has 3 heteroatoms. The van der Waals surface area contributed by atoms with Crippen LogP contribution in [0.4, 0.5) is 0 Å². The van der Waals surface area contributed by atoms with Gasteiger partial charge < -0.3 is 10.1 Å². The first-order valence-electron chi connectivity index (χ1n) is 9.86. The van der Waals surface area contributed by atoms with E-state index >= 15 is 0 Å². The fraction of sp³-hybridized carbons (Fsp3) is 0.250. The van der Waals surface area contributed by atoms with Crippen molar-refractivity contribution in [1.29, 1.82) is 0 Å². The lowest BCUT2D eigenvalue weighted by molar-refractivity contribution is 0.112. The summed E-state index contributed by atoms with van der Waals surface area (Å²) in [6.07, 6.45) is 1.23. The molecule has 1 atom stereocenters. The molecule has 1 heterocycles. The van der Waals surface area contributed by atoms with E-state index in [1.165, 1.54) is 28.4 Å². The van der Waals surface area contributed by atoms with Crippen LogP contribution in [-0.4, -0.2) is 26.9 Å². The predicted molar refractivity (Wildman–Crippen MR) is 115 cm³/mol. The predicted octanol–water partition coefficient (Wildman–Crippen LogP) is 3.37. The first-order valence-corrected chi connectivity index (χ1v) is 12.1. The van der Waals surface area contributed by atoms with Crippen LogP contribution >= 0.6 is 0 Å². The highest BCUT2D eigenvalue weighted by Gasteiger charge is 2.46. The topological polar surface area (TPSA) is 21.3 Å². The van der Waals surface area contributed by atoms with Gasteiger partial charge in [-0.3, -0.25) is 0 Å². The Morgan fingerprint density at radius 1 is 0.778 bits per heavy atom. The van der Waals surface area contributed by atoms with Gasteiger partial charge in [-0.25, -0.2) is 0 Å². The van der Waals surface area contributed by atoms with Gasteiger partial charge in [-0.2, -0.15) is 0 Å². The zero-order valence-corrected chi connectivity index (χ0v) is 16.7. The SMILES string of the molecule is c1ccc(COC[C@@H]2NCCC[Si]2(c2ccccc2)c2ccccc2)cc1.